The number of aromatic amines is 1. The first kappa shape index (κ1) is 23.8. The molecule has 164 valence electrons. The number of hydrogen-bond donors (Lipinski definition) is 2. The molecule has 0 aliphatic rings. The van der Waals surface area contributed by atoms with Crippen LogP contribution >= 0.6 is 11.8 Å². The summed E-state index contributed by atoms with van der Waals surface area (Å²) in [5.41, 5.74) is 7.17. The van der Waals surface area contributed by atoms with Gasteiger partial charge in [0.05, 0.1) is 12.4 Å². The maximum absolute atomic E-state index is 13.1. The van der Waals surface area contributed by atoms with Gasteiger partial charge < -0.3 is 15.4 Å². The fraction of sp³-hybridized carbons (Fsp3) is 0.476. The van der Waals surface area contributed by atoms with Gasteiger partial charge in [-0.3, -0.25) is 19.1 Å². The van der Waals surface area contributed by atoms with Crippen molar-refractivity contribution in [3.8, 4) is 0 Å². The summed E-state index contributed by atoms with van der Waals surface area (Å²) in [6.07, 6.45) is 1.59. The Morgan fingerprint density at radius 2 is 2.03 bits per heavy atom. The summed E-state index contributed by atoms with van der Waals surface area (Å²) in [6, 6.07) is 6.03. The lowest BCUT2D eigenvalue weighted by atomic mass is 10.2. The van der Waals surface area contributed by atoms with Crippen LogP contribution in [0.1, 0.15) is 30.9 Å². The van der Waals surface area contributed by atoms with Gasteiger partial charge in [-0.1, -0.05) is 31.0 Å². The summed E-state index contributed by atoms with van der Waals surface area (Å²) >= 11 is 1.40. The first-order valence-electron chi connectivity index (χ1n) is 9.92. The fourth-order valence-corrected chi connectivity index (χ4v) is 3.98. The zero-order valence-corrected chi connectivity index (χ0v) is 18.8. The standard InChI is InChI=1S/C21H30N4O4S/c1-5-6-9-25-19(22)18(20(27)23-21(25)28)24(10-11-29-4)17(26)13-30-16-8-7-14(2)12-15(16)3/h7-8,12H,5-6,9-11,13,22H2,1-4H3,(H,23,27,28). The van der Waals surface area contributed by atoms with Crippen LogP contribution in [-0.2, 0) is 16.1 Å². The normalized spacial score (nSPS) is 10.9. The highest BCUT2D eigenvalue weighted by atomic mass is 32.2. The molecule has 1 aromatic carbocycles. The van der Waals surface area contributed by atoms with Gasteiger partial charge in [-0.05, 0) is 31.9 Å². The van der Waals surface area contributed by atoms with Gasteiger partial charge in [0.1, 0.15) is 5.82 Å². The highest BCUT2D eigenvalue weighted by Gasteiger charge is 2.24. The molecule has 0 unspecified atom stereocenters. The minimum absolute atomic E-state index is 0.00169. The number of hydrogen-bond acceptors (Lipinski definition) is 6. The first-order chi connectivity index (χ1) is 14.3. The van der Waals surface area contributed by atoms with Crippen LogP contribution in [-0.4, -0.2) is 41.5 Å². The van der Waals surface area contributed by atoms with Crippen molar-refractivity contribution in [1.29, 1.82) is 0 Å². The molecule has 1 aromatic heterocycles. The Bertz CT molecular complexity index is 999. The quantitative estimate of drug-likeness (QED) is 0.555. The number of aryl methyl sites for hydroxylation is 2. The van der Waals surface area contributed by atoms with E-state index in [1.165, 1.54) is 28.3 Å². The Kier molecular flexibility index (Phi) is 8.73. The zero-order chi connectivity index (χ0) is 22.3. The molecule has 1 heterocycles. The van der Waals surface area contributed by atoms with E-state index in [1.807, 2.05) is 32.9 Å². The van der Waals surface area contributed by atoms with Gasteiger partial charge in [-0.15, -0.1) is 11.8 Å². The third-order valence-electron chi connectivity index (χ3n) is 4.72. The van der Waals surface area contributed by atoms with Gasteiger partial charge in [0.25, 0.3) is 5.56 Å². The van der Waals surface area contributed by atoms with Crippen LogP contribution in [0.4, 0.5) is 11.5 Å². The number of unbranched alkanes of at least 4 members (excludes halogenated alkanes) is 1. The zero-order valence-electron chi connectivity index (χ0n) is 18.0. The number of methoxy groups -OCH3 is 1. The molecular weight excluding hydrogens is 404 g/mol. The lowest BCUT2D eigenvalue weighted by Crippen LogP contribution is -2.43. The molecule has 3 N–H and O–H groups in total. The summed E-state index contributed by atoms with van der Waals surface area (Å²) in [5, 5.41) is 0. The number of amides is 1. The second-order valence-corrected chi connectivity index (χ2v) is 8.11. The second-order valence-electron chi connectivity index (χ2n) is 7.09. The van der Waals surface area contributed by atoms with Crippen molar-refractivity contribution < 1.29 is 9.53 Å². The number of nitrogens with zero attached hydrogens (tertiary/aromatic N) is 2. The molecular formula is C21H30N4O4S. The number of carbonyl (C=O) groups is 1. The van der Waals surface area contributed by atoms with E-state index >= 15 is 0 Å². The maximum Gasteiger partial charge on any atom is 0.330 e. The second kappa shape index (κ2) is 11.0. The largest absolute Gasteiger partial charge is 0.383 e. The highest BCUT2D eigenvalue weighted by molar-refractivity contribution is 8.00. The van der Waals surface area contributed by atoms with Crippen LogP contribution in [0.3, 0.4) is 0 Å². The Morgan fingerprint density at radius 1 is 1.30 bits per heavy atom. The average molecular weight is 435 g/mol. The molecule has 8 nitrogen and oxygen atoms in total. The number of aromatic nitrogens is 2. The van der Waals surface area contributed by atoms with Crippen molar-refractivity contribution in [2.45, 2.75) is 45.1 Å². The van der Waals surface area contributed by atoms with Crippen LogP contribution < -0.4 is 21.9 Å². The molecule has 0 aliphatic carbocycles. The number of nitrogen functional groups attached to an aromatic ring is 1. The Morgan fingerprint density at radius 3 is 2.67 bits per heavy atom. The van der Waals surface area contributed by atoms with E-state index in [-0.39, 0.29) is 36.3 Å². The van der Waals surface area contributed by atoms with Gasteiger partial charge >= 0.3 is 5.69 Å². The molecule has 0 saturated heterocycles. The van der Waals surface area contributed by atoms with Crippen LogP contribution in [0.15, 0.2) is 32.7 Å². The van der Waals surface area contributed by atoms with Crippen molar-refractivity contribution >= 4 is 29.2 Å². The molecule has 0 saturated carbocycles. The van der Waals surface area contributed by atoms with E-state index in [1.54, 1.807) is 0 Å². The van der Waals surface area contributed by atoms with Gasteiger partial charge in [0.2, 0.25) is 5.91 Å². The average Bonchev–Trinajstić information content (AvgIpc) is 2.69. The van der Waals surface area contributed by atoms with E-state index in [4.69, 9.17) is 10.5 Å². The predicted molar refractivity (Wildman–Crippen MR) is 122 cm³/mol. The molecule has 0 bridgehead atoms. The molecule has 0 spiro atoms. The van der Waals surface area contributed by atoms with Crippen molar-refractivity contribution in [3.05, 3.63) is 50.2 Å². The summed E-state index contributed by atoms with van der Waals surface area (Å²) < 4.78 is 6.43. The smallest absolute Gasteiger partial charge is 0.330 e. The highest BCUT2D eigenvalue weighted by Crippen LogP contribution is 2.25. The maximum atomic E-state index is 13.1. The fourth-order valence-electron chi connectivity index (χ4n) is 3.10. The van der Waals surface area contributed by atoms with Gasteiger partial charge in [0, 0.05) is 25.1 Å². The number of carbonyl (C=O) groups excluding carboxylic acids is 1. The third-order valence-corrected chi connectivity index (χ3v) is 5.88. The van der Waals surface area contributed by atoms with E-state index in [9.17, 15) is 14.4 Å². The minimum Gasteiger partial charge on any atom is -0.383 e. The molecule has 0 aliphatic heterocycles. The molecule has 0 radical (unpaired) electrons. The number of benzene rings is 1. The molecule has 1 amide bonds. The van der Waals surface area contributed by atoms with Gasteiger partial charge in [0.15, 0.2) is 5.69 Å². The number of anilines is 2. The number of H-pyrrole nitrogens is 1. The Labute approximate surface area is 180 Å². The van der Waals surface area contributed by atoms with Crippen molar-refractivity contribution in [2.75, 3.05) is 36.6 Å². The third kappa shape index (κ3) is 5.76. The number of nitrogens with one attached hydrogen (secondary N) is 1. The molecule has 9 heteroatoms. The van der Waals surface area contributed by atoms with Crippen LogP contribution in [0.25, 0.3) is 0 Å². The SMILES string of the molecule is CCCCn1c(N)c(N(CCOC)C(=O)CSc2ccc(C)cc2C)c(=O)[nH]c1=O. The Hall–Kier alpha value is -2.52. The number of thioether (sulfide) groups is 1. The van der Waals surface area contributed by atoms with Crippen LogP contribution in [0.2, 0.25) is 0 Å². The van der Waals surface area contributed by atoms with Crippen LogP contribution in [0, 0.1) is 13.8 Å². The molecule has 0 fully saturated rings. The number of rotatable bonds is 10. The van der Waals surface area contributed by atoms with Gasteiger partial charge in [-0.25, -0.2) is 4.79 Å². The minimum atomic E-state index is -0.675. The Balaban J connectivity index is 2.35. The molecule has 2 rings (SSSR count). The molecule has 2 aromatic rings. The van der Waals surface area contributed by atoms with Crippen LogP contribution in [0.5, 0.6) is 0 Å². The van der Waals surface area contributed by atoms with Crippen molar-refractivity contribution in [1.82, 2.24) is 9.55 Å². The predicted octanol–water partition coefficient (Wildman–Crippen LogP) is 2.31. The monoisotopic (exact) mass is 434 g/mol. The van der Waals surface area contributed by atoms with E-state index in [0.717, 1.165) is 28.9 Å². The number of ether oxygens (including phenoxy) is 1. The summed E-state index contributed by atoms with van der Waals surface area (Å²) in [5.74, 6) is -0.159. The summed E-state index contributed by atoms with van der Waals surface area (Å²) in [6.45, 7) is 6.76. The summed E-state index contributed by atoms with van der Waals surface area (Å²) in [4.78, 5) is 42.4. The summed E-state index contributed by atoms with van der Waals surface area (Å²) in [7, 11) is 1.52. The van der Waals surface area contributed by atoms with Crippen molar-refractivity contribution in [3.63, 3.8) is 0 Å². The lowest BCUT2D eigenvalue weighted by molar-refractivity contribution is -0.116. The van der Waals surface area contributed by atoms with E-state index < -0.39 is 11.2 Å². The van der Waals surface area contributed by atoms with E-state index in [0.29, 0.717) is 6.54 Å². The topological polar surface area (TPSA) is 110 Å². The van der Waals surface area contributed by atoms with E-state index in [2.05, 4.69) is 11.1 Å². The molecule has 0 atom stereocenters. The first-order valence-corrected chi connectivity index (χ1v) is 10.9. The van der Waals surface area contributed by atoms with Gasteiger partial charge in [-0.2, -0.15) is 0 Å². The molecule has 30 heavy (non-hydrogen) atoms. The number of nitrogens with two attached hydrogens (primary N) is 1. The van der Waals surface area contributed by atoms with Crippen molar-refractivity contribution in [2.24, 2.45) is 0 Å². The lowest BCUT2D eigenvalue weighted by Gasteiger charge is -2.24.